The van der Waals surface area contributed by atoms with E-state index in [2.05, 4.69) is 20.8 Å². The Balaban J connectivity index is 2.74. The molecule has 0 spiro atoms. The maximum Gasteiger partial charge on any atom is 0.398 e. The minimum atomic E-state index is -2.07. The second-order valence-corrected chi connectivity index (χ2v) is 8.19. The fourth-order valence-electron chi connectivity index (χ4n) is 1.63. The fourth-order valence-corrected chi connectivity index (χ4v) is 4.16. The molecule has 0 fully saturated rings. The van der Waals surface area contributed by atoms with E-state index in [1.54, 1.807) is 0 Å². The Hall–Kier alpha value is -0.513. The van der Waals surface area contributed by atoms with Crippen LogP contribution in [0.1, 0.15) is 27.2 Å². The highest BCUT2D eigenvalue weighted by Crippen LogP contribution is 2.24. The Morgan fingerprint density at radius 2 is 1.65 bits per heavy atom. The second-order valence-electron chi connectivity index (χ2n) is 4.02. The molecular weight excluding hydrogens is 252 g/mol. The summed E-state index contributed by atoms with van der Waals surface area (Å²) in [6.07, 6.45) is 1.03. The largest absolute Gasteiger partial charge is 0.520 e. The third kappa shape index (κ3) is 4.34. The Bertz CT molecular complexity index is 323. The van der Waals surface area contributed by atoms with Crippen LogP contribution >= 0.6 is 11.6 Å². The average molecular weight is 273 g/mol. The highest BCUT2D eigenvalue weighted by atomic mass is 35.5. The lowest BCUT2D eigenvalue weighted by atomic mass is 10.3. The lowest BCUT2D eigenvalue weighted by Crippen LogP contribution is -2.44. The van der Waals surface area contributed by atoms with Crippen LogP contribution in [0.2, 0.25) is 17.1 Å². The molecule has 0 saturated carbocycles. The molecule has 0 aliphatic heterocycles. The molecule has 0 atom stereocenters. The zero-order chi connectivity index (χ0) is 12.7. The first-order chi connectivity index (χ1) is 8.15. The summed E-state index contributed by atoms with van der Waals surface area (Å²) in [6.45, 7) is 7.18. The van der Waals surface area contributed by atoms with Gasteiger partial charge in [-0.05, 0) is 42.8 Å². The molecule has 0 aliphatic rings. The van der Waals surface area contributed by atoms with Gasteiger partial charge in [-0.1, -0.05) is 32.4 Å². The first kappa shape index (κ1) is 14.5. The van der Waals surface area contributed by atoms with Crippen LogP contribution in [0.25, 0.3) is 0 Å². The molecule has 0 saturated heterocycles. The van der Waals surface area contributed by atoms with Crippen LogP contribution in [0.4, 0.5) is 0 Å². The van der Waals surface area contributed by atoms with Gasteiger partial charge >= 0.3 is 8.56 Å². The third-order valence-corrected chi connectivity index (χ3v) is 6.51. The van der Waals surface area contributed by atoms with Crippen LogP contribution < -0.4 is 4.43 Å². The van der Waals surface area contributed by atoms with Gasteiger partial charge in [0.2, 0.25) is 0 Å². The summed E-state index contributed by atoms with van der Waals surface area (Å²) >= 11 is 5.86. The second kappa shape index (κ2) is 7.04. The zero-order valence-electron chi connectivity index (χ0n) is 10.8. The molecule has 0 amide bonds. The van der Waals surface area contributed by atoms with Gasteiger partial charge < -0.3 is 8.85 Å². The van der Waals surface area contributed by atoms with Gasteiger partial charge in [-0.2, -0.15) is 0 Å². The van der Waals surface area contributed by atoms with Gasteiger partial charge in [0, 0.05) is 11.6 Å². The van der Waals surface area contributed by atoms with Crippen molar-refractivity contribution in [3.05, 3.63) is 29.3 Å². The van der Waals surface area contributed by atoms with E-state index < -0.39 is 8.56 Å². The highest BCUT2D eigenvalue weighted by molar-refractivity contribution is 6.68. The van der Waals surface area contributed by atoms with Crippen molar-refractivity contribution in [1.29, 1.82) is 0 Å². The number of benzene rings is 1. The molecule has 96 valence electrons. The van der Waals surface area contributed by atoms with Gasteiger partial charge in [-0.15, -0.1) is 0 Å². The van der Waals surface area contributed by atoms with Crippen molar-refractivity contribution < 1.29 is 8.85 Å². The van der Waals surface area contributed by atoms with E-state index in [4.69, 9.17) is 20.5 Å². The molecule has 0 N–H and O–H groups in total. The number of hydrogen-bond acceptors (Lipinski definition) is 2. The molecule has 2 nitrogen and oxygen atoms in total. The zero-order valence-corrected chi connectivity index (χ0v) is 12.6. The van der Waals surface area contributed by atoms with Crippen LogP contribution in [0.15, 0.2) is 24.3 Å². The Morgan fingerprint density at radius 1 is 1.06 bits per heavy atom. The summed E-state index contributed by atoms with van der Waals surface area (Å²) in [5, 5.41) is 0.729. The lowest BCUT2D eigenvalue weighted by molar-refractivity contribution is 0.237. The van der Waals surface area contributed by atoms with Crippen LogP contribution in [0, 0.1) is 0 Å². The van der Waals surface area contributed by atoms with Crippen molar-refractivity contribution in [1.82, 2.24) is 0 Å². The molecular formula is C13H21ClO2Si. The van der Waals surface area contributed by atoms with Crippen LogP contribution in [0.3, 0.4) is 0 Å². The molecule has 0 radical (unpaired) electrons. The van der Waals surface area contributed by atoms with Crippen molar-refractivity contribution in [2.75, 3.05) is 6.61 Å². The molecule has 1 aromatic rings. The topological polar surface area (TPSA) is 18.5 Å². The summed E-state index contributed by atoms with van der Waals surface area (Å²) in [5.74, 6) is 0.862. The minimum absolute atomic E-state index is 0.729. The summed E-state index contributed by atoms with van der Waals surface area (Å²) in [4.78, 5) is 0. The van der Waals surface area contributed by atoms with E-state index in [1.807, 2.05) is 24.3 Å². The average Bonchev–Trinajstić information content (AvgIpc) is 2.37. The van der Waals surface area contributed by atoms with E-state index in [0.29, 0.717) is 0 Å². The molecule has 0 aromatic heterocycles. The Morgan fingerprint density at radius 3 is 2.12 bits per heavy atom. The van der Waals surface area contributed by atoms with E-state index in [1.165, 1.54) is 0 Å². The number of halogens is 1. The van der Waals surface area contributed by atoms with E-state index in [-0.39, 0.29) is 0 Å². The van der Waals surface area contributed by atoms with Crippen molar-refractivity contribution in [2.24, 2.45) is 0 Å². The maximum atomic E-state index is 6.12. The van der Waals surface area contributed by atoms with Crippen molar-refractivity contribution in [2.45, 2.75) is 39.3 Å². The molecule has 0 heterocycles. The molecule has 4 heteroatoms. The van der Waals surface area contributed by atoms with Gasteiger partial charge in [0.1, 0.15) is 5.75 Å². The number of hydrogen-bond donors (Lipinski definition) is 0. The summed E-state index contributed by atoms with van der Waals surface area (Å²) in [7, 11) is -2.07. The fraction of sp³-hybridized carbons (Fsp3) is 0.538. The van der Waals surface area contributed by atoms with E-state index in [9.17, 15) is 0 Å². The highest BCUT2D eigenvalue weighted by Gasteiger charge is 2.35. The summed E-state index contributed by atoms with van der Waals surface area (Å²) < 4.78 is 12.1. The Kier molecular flexibility index (Phi) is 6.02. The van der Waals surface area contributed by atoms with Crippen molar-refractivity contribution in [3.63, 3.8) is 0 Å². The van der Waals surface area contributed by atoms with Gasteiger partial charge in [-0.3, -0.25) is 0 Å². The van der Waals surface area contributed by atoms with Crippen molar-refractivity contribution in [3.8, 4) is 5.75 Å². The summed E-state index contributed by atoms with van der Waals surface area (Å²) in [5.41, 5.74) is 0. The molecule has 0 unspecified atom stereocenters. The summed E-state index contributed by atoms with van der Waals surface area (Å²) in [6, 6.07) is 9.44. The predicted octanol–water partition coefficient (Wildman–Crippen LogP) is 4.63. The van der Waals surface area contributed by atoms with Gasteiger partial charge in [0.25, 0.3) is 0 Å². The number of rotatable bonds is 7. The normalized spacial score (nSPS) is 11.5. The molecule has 1 rings (SSSR count). The van der Waals surface area contributed by atoms with Crippen LogP contribution in [-0.2, 0) is 4.43 Å². The third-order valence-electron chi connectivity index (χ3n) is 2.76. The monoisotopic (exact) mass is 272 g/mol. The minimum Gasteiger partial charge on any atom is -0.520 e. The molecule has 0 aliphatic carbocycles. The quantitative estimate of drug-likeness (QED) is 0.674. The SMILES string of the molecule is CCCO[Si](CC)(CC)Oc1ccc(Cl)cc1. The lowest BCUT2D eigenvalue weighted by Gasteiger charge is -2.29. The van der Waals surface area contributed by atoms with Crippen LogP contribution in [-0.4, -0.2) is 15.2 Å². The van der Waals surface area contributed by atoms with Gasteiger partial charge in [-0.25, -0.2) is 0 Å². The molecule has 0 bridgehead atoms. The maximum absolute atomic E-state index is 6.12. The standard InChI is InChI=1S/C13H21ClO2Si/c1-4-11-15-17(5-2,6-3)16-13-9-7-12(14)8-10-13/h7-10H,4-6,11H2,1-3H3. The predicted molar refractivity (Wildman–Crippen MR) is 75.0 cm³/mol. The first-order valence-electron chi connectivity index (χ1n) is 6.24. The van der Waals surface area contributed by atoms with Crippen molar-refractivity contribution >= 4 is 20.2 Å². The van der Waals surface area contributed by atoms with Gasteiger partial charge in [0.15, 0.2) is 0 Å². The first-order valence-corrected chi connectivity index (χ1v) is 8.85. The smallest absolute Gasteiger partial charge is 0.398 e. The van der Waals surface area contributed by atoms with Gasteiger partial charge in [0.05, 0.1) is 0 Å². The van der Waals surface area contributed by atoms with E-state index in [0.717, 1.165) is 35.9 Å². The van der Waals surface area contributed by atoms with E-state index >= 15 is 0 Å². The Labute approximate surface area is 110 Å². The molecule has 17 heavy (non-hydrogen) atoms. The molecule has 1 aromatic carbocycles. The van der Waals surface area contributed by atoms with Crippen LogP contribution in [0.5, 0.6) is 5.75 Å².